The molecule has 4 N–H and O–H groups in total. The Labute approximate surface area is 151 Å². The fraction of sp³-hybridized carbons (Fsp3) is 0.316. The van der Waals surface area contributed by atoms with Crippen LogP contribution in [0.4, 0.5) is 0 Å². The third kappa shape index (κ3) is 4.10. The molecule has 0 aliphatic carbocycles. The molecule has 0 aliphatic rings. The standard InChI is InChI=1S/C19H24N4OS/c1-23(2)17(18-8-5-9-25-18)12-22-19(24)15(20)10-13-11-21-16-7-4-3-6-14(13)16/h3-9,11,15,17,21H,10,12,20H2,1-2H3,(H,22,24)/t15-,17?/m0/s1. The lowest BCUT2D eigenvalue weighted by Crippen LogP contribution is -2.44. The van der Waals surface area contributed by atoms with E-state index in [2.05, 4.69) is 26.6 Å². The summed E-state index contributed by atoms with van der Waals surface area (Å²) in [4.78, 5) is 19.0. The number of H-pyrrole nitrogens is 1. The molecule has 2 heterocycles. The van der Waals surface area contributed by atoms with Crippen molar-refractivity contribution in [3.8, 4) is 0 Å². The highest BCUT2D eigenvalue weighted by Crippen LogP contribution is 2.22. The molecule has 6 heteroatoms. The van der Waals surface area contributed by atoms with Crippen molar-refractivity contribution in [1.82, 2.24) is 15.2 Å². The molecule has 0 saturated heterocycles. The van der Waals surface area contributed by atoms with Gasteiger partial charge in [0.25, 0.3) is 0 Å². The number of thiophene rings is 1. The van der Waals surface area contributed by atoms with Crippen LogP contribution in [-0.4, -0.2) is 42.5 Å². The van der Waals surface area contributed by atoms with Gasteiger partial charge < -0.3 is 20.9 Å². The molecule has 132 valence electrons. The van der Waals surface area contributed by atoms with Gasteiger partial charge in [0.15, 0.2) is 0 Å². The van der Waals surface area contributed by atoms with Crippen LogP contribution in [0, 0.1) is 0 Å². The molecule has 0 fully saturated rings. The van der Waals surface area contributed by atoms with Gasteiger partial charge in [0.1, 0.15) is 0 Å². The Balaban J connectivity index is 1.61. The largest absolute Gasteiger partial charge is 0.361 e. The molecule has 2 aromatic heterocycles. The predicted octanol–water partition coefficient (Wildman–Crippen LogP) is 2.52. The van der Waals surface area contributed by atoms with E-state index in [-0.39, 0.29) is 11.9 Å². The Bertz CT molecular complexity index is 825. The second-order valence-corrected chi connectivity index (χ2v) is 7.39. The molecule has 0 aliphatic heterocycles. The quantitative estimate of drug-likeness (QED) is 0.609. The highest BCUT2D eigenvalue weighted by molar-refractivity contribution is 7.10. The number of rotatable bonds is 7. The van der Waals surface area contributed by atoms with Crippen molar-refractivity contribution in [2.75, 3.05) is 20.6 Å². The van der Waals surface area contributed by atoms with E-state index < -0.39 is 6.04 Å². The van der Waals surface area contributed by atoms with Gasteiger partial charge in [-0.25, -0.2) is 0 Å². The van der Waals surface area contributed by atoms with Crippen molar-refractivity contribution in [1.29, 1.82) is 0 Å². The fourth-order valence-electron chi connectivity index (χ4n) is 2.98. The number of nitrogens with two attached hydrogens (primary N) is 1. The Morgan fingerprint density at radius 3 is 2.80 bits per heavy atom. The van der Waals surface area contributed by atoms with E-state index in [0.29, 0.717) is 13.0 Å². The molecule has 0 saturated carbocycles. The number of nitrogens with one attached hydrogen (secondary N) is 2. The maximum absolute atomic E-state index is 12.4. The molecule has 1 unspecified atom stereocenters. The van der Waals surface area contributed by atoms with Crippen LogP contribution in [0.15, 0.2) is 48.0 Å². The third-order valence-corrected chi connectivity index (χ3v) is 5.39. The maximum atomic E-state index is 12.4. The van der Waals surface area contributed by atoms with Crippen LogP contribution in [0.2, 0.25) is 0 Å². The number of amides is 1. The van der Waals surface area contributed by atoms with Crippen LogP contribution in [0.1, 0.15) is 16.5 Å². The minimum Gasteiger partial charge on any atom is -0.361 e. The Hall–Kier alpha value is -2.15. The summed E-state index contributed by atoms with van der Waals surface area (Å²) in [5, 5.41) is 6.18. The van der Waals surface area contributed by atoms with Crippen LogP contribution < -0.4 is 11.1 Å². The first-order valence-corrected chi connectivity index (χ1v) is 9.22. The molecule has 1 aromatic carbocycles. The number of carbonyl (C=O) groups is 1. The molecule has 0 bridgehead atoms. The highest BCUT2D eigenvalue weighted by atomic mass is 32.1. The topological polar surface area (TPSA) is 74.2 Å². The number of likely N-dealkylation sites (N-methyl/N-ethyl adjacent to an activating group) is 1. The van der Waals surface area contributed by atoms with Crippen LogP contribution in [0.3, 0.4) is 0 Å². The molecule has 0 spiro atoms. The van der Waals surface area contributed by atoms with Gasteiger partial charge in [0.05, 0.1) is 12.1 Å². The van der Waals surface area contributed by atoms with E-state index in [9.17, 15) is 4.79 Å². The van der Waals surface area contributed by atoms with Crippen molar-refractivity contribution in [3.63, 3.8) is 0 Å². The van der Waals surface area contributed by atoms with Crippen LogP contribution in [0.25, 0.3) is 10.9 Å². The zero-order valence-electron chi connectivity index (χ0n) is 14.5. The number of hydrogen-bond acceptors (Lipinski definition) is 4. The van der Waals surface area contributed by atoms with E-state index in [0.717, 1.165) is 16.5 Å². The van der Waals surface area contributed by atoms with Crippen molar-refractivity contribution >= 4 is 28.1 Å². The summed E-state index contributed by atoms with van der Waals surface area (Å²) >= 11 is 1.70. The normalized spacial score (nSPS) is 13.9. The first-order valence-electron chi connectivity index (χ1n) is 8.34. The van der Waals surface area contributed by atoms with Gasteiger partial charge in [-0.05, 0) is 43.6 Å². The van der Waals surface area contributed by atoms with Crippen LogP contribution in [-0.2, 0) is 11.2 Å². The molecular weight excluding hydrogens is 332 g/mol. The van der Waals surface area contributed by atoms with Gasteiger partial charge in [0.2, 0.25) is 5.91 Å². The van der Waals surface area contributed by atoms with E-state index >= 15 is 0 Å². The molecule has 5 nitrogen and oxygen atoms in total. The molecule has 25 heavy (non-hydrogen) atoms. The summed E-state index contributed by atoms with van der Waals surface area (Å²) in [5.41, 5.74) is 8.28. The Morgan fingerprint density at radius 2 is 2.08 bits per heavy atom. The third-order valence-electron chi connectivity index (χ3n) is 4.42. The number of benzene rings is 1. The second kappa shape index (κ2) is 7.82. The van der Waals surface area contributed by atoms with Crippen LogP contribution >= 0.6 is 11.3 Å². The molecule has 1 amide bonds. The lowest BCUT2D eigenvalue weighted by molar-refractivity contribution is -0.122. The second-order valence-electron chi connectivity index (χ2n) is 6.41. The summed E-state index contributed by atoms with van der Waals surface area (Å²) < 4.78 is 0. The van der Waals surface area contributed by atoms with Gasteiger partial charge >= 0.3 is 0 Å². The summed E-state index contributed by atoms with van der Waals surface area (Å²) in [6.45, 7) is 0.550. The summed E-state index contributed by atoms with van der Waals surface area (Å²) in [6, 6.07) is 11.8. The minimum atomic E-state index is -0.564. The monoisotopic (exact) mass is 356 g/mol. The van der Waals surface area contributed by atoms with Crippen LogP contribution in [0.5, 0.6) is 0 Å². The zero-order valence-corrected chi connectivity index (χ0v) is 15.3. The summed E-state index contributed by atoms with van der Waals surface area (Å²) in [5.74, 6) is -0.117. The average Bonchev–Trinajstić information content (AvgIpc) is 3.25. The fourth-order valence-corrected chi connectivity index (χ4v) is 3.90. The first kappa shape index (κ1) is 17.7. The number of fused-ring (bicyclic) bond motifs is 1. The van der Waals surface area contributed by atoms with Gasteiger partial charge in [-0.15, -0.1) is 11.3 Å². The molecule has 0 radical (unpaired) electrons. The SMILES string of the molecule is CN(C)C(CNC(=O)[C@@H](N)Cc1c[nH]c2ccccc12)c1cccs1. The van der Waals surface area contributed by atoms with Crippen molar-refractivity contribution in [3.05, 3.63) is 58.4 Å². The van der Waals surface area contributed by atoms with E-state index in [4.69, 9.17) is 5.73 Å². The van der Waals surface area contributed by atoms with Crippen molar-refractivity contribution < 1.29 is 4.79 Å². The number of carbonyl (C=O) groups excluding carboxylic acids is 1. The number of aromatic nitrogens is 1. The zero-order chi connectivity index (χ0) is 17.8. The maximum Gasteiger partial charge on any atom is 0.237 e. The van der Waals surface area contributed by atoms with Crippen molar-refractivity contribution in [2.24, 2.45) is 5.73 Å². The summed E-state index contributed by atoms with van der Waals surface area (Å²) in [6.07, 6.45) is 2.45. The minimum absolute atomic E-state index is 0.117. The van der Waals surface area contributed by atoms with Gasteiger partial charge in [-0.3, -0.25) is 4.79 Å². The predicted molar refractivity (Wildman–Crippen MR) is 104 cm³/mol. The Morgan fingerprint density at radius 1 is 1.28 bits per heavy atom. The number of aromatic amines is 1. The highest BCUT2D eigenvalue weighted by Gasteiger charge is 2.20. The number of para-hydroxylation sites is 1. The molecule has 3 aromatic rings. The van der Waals surface area contributed by atoms with Crippen molar-refractivity contribution in [2.45, 2.75) is 18.5 Å². The lowest BCUT2D eigenvalue weighted by atomic mass is 10.0. The van der Waals surface area contributed by atoms with E-state index in [1.165, 1.54) is 4.88 Å². The summed E-state index contributed by atoms with van der Waals surface area (Å²) in [7, 11) is 4.03. The van der Waals surface area contributed by atoms with E-state index in [1.54, 1.807) is 11.3 Å². The molecule has 3 rings (SSSR count). The Kier molecular flexibility index (Phi) is 5.53. The van der Waals surface area contributed by atoms with Gasteiger partial charge in [0, 0.05) is 28.5 Å². The average molecular weight is 356 g/mol. The number of hydrogen-bond donors (Lipinski definition) is 3. The lowest BCUT2D eigenvalue weighted by Gasteiger charge is -2.24. The molecular formula is C19H24N4OS. The first-order chi connectivity index (χ1) is 12.1. The van der Waals surface area contributed by atoms with Gasteiger partial charge in [-0.1, -0.05) is 24.3 Å². The van der Waals surface area contributed by atoms with E-state index in [1.807, 2.05) is 50.6 Å². The molecule has 2 atom stereocenters. The smallest absolute Gasteiger partial charge is 0.237 e. The number of nitrogens with zero attached hydrogens (tertiary/aromatic N) is 1. The van der Waals surface area contributed by atoms with Gasteiger partial charge in [-0.2, -0.15) is 0 Å².